The lowest BCUT2D eigenvalue weighted by Crippen LogP contribution is -1.97. The van der Waals surface area contributed by atoms with E-state index in [1.54, 1.807) is 0 Å². The van der Waals surface area contributed by atoms with Gasteiger partial charge in [-0.2, -0.15) is 0 Å². The van der Waals surface area contributed by atoms with Crippen molar-refractivity contribution in [2.24, 2.45) is 0 Å². The molecule has 1 aromatic carbocycles. The Morgan fingerprint density at radius 2 is 1.75 bits per heavy atom. The highest BCUT2D eigenvalue weighted by molar-refractivity contribution is 5.30. The van der Waals surface area contributed by atoms with Crippen molar-refractivity contribution in [2.45, 2.75) is 32.6 Å². The second-order valence-corrected chi connectivity index (χ2v) is 3.81. The van der Waals surface area contributed by atoms with Crippen LogP contribution in [0.25, 0.3) is 0 Å². The van der Waals surface area contributed by atoms with Gasteiger partial charge in [0.25, 0.3) is 0 Å². The SMILES string of the molecule is C[CH]c1ccc(OCCCCCCF)cc1. The minimum Gasteiger partial charge on any atom is -0.494 e. The molecule has 0 unspecified atom stereocenters. The number of rotatable bonds is 8. The van der Waals surface area contributed by atoms with Gasteiger partial charge < -0.3 is 4.74 Å². The standard InChI is InChI=1S/C14H20FO/c1-2-13-7-9-14(10-8-13)16-12-6-4-3-5-11-15/h2,7-10H,3-6,11-12H2,1H3. The number of unbranched alkanes of at least 4 members (excludes halogenated alkanes) is 3. The van der Waals surface area contributed by atoms with Crippen molar-refractivity contribution >= 4 is 0 Å². The average molecular weight is 223 g/mol. The molecule has 1 radical (unpaired) electrons. The highest BCUT2D eigenvalue weighted by atomic mass is 19.1. The van der Waals surface area contributed by atoms with E-state index in [4.69, 9.17) is 4.74 Å². The summed E-state index contributed by atoms with van der Waals surface area (Å²) in [7, 11) is 0. The number of hydrogen-bond donors (Lipinski definition) is 0. The predicted octanol–water partition coefficient (Wildman–Crippen LogP) is 4.17. The molecule has 0 fully saturated rings. The smallest absolute Gasteiger partial charge is 0.119 e. The summed E-state index contributed by atoms with van der Waals surface area (Å²) in [6.07, 6.45) is 5.75. The van der Waals surface area contributed by atoms with E-state index in [1.807, 2.05) is 31.2 Å². The normalized spacial score (nSPS) is 10.4. The van der Waals surface area contributed by atoms with Crippen LogP contribution in [0.15, 0.2) is 24.3 Å². The van der Waals surface area contributed by atoms with Crippen LogP contribution in [0.2, 0.25) is 0 Å². The Morgan fingerprint density at radius 3 is 2.38 bits per heavy atom. The fraction of sp³-hybridized carbons (Fsp3) is 0.500. The average Bonchev–Trinajstić information content (AvgIpc) is 2.34. The van der Waals surface area contributed by atoms with Crippen molar-refractivity contribution in [2.75, 3.05) is 13.3 Å². The summed E-state index contributed by atoms with van der Waals surface area (Å²) in [6.45, 7) is 2.54. The first-order valence-corrected chi connectivity index (χ1v) is 5.95. The number of halogens is 1. The maximum absolute atomic E-state index is 11.8. The van der Waals surface area contributed by atoms with Gasteiger partial charge in [-0.25, -0.2) is 0 Å². The third-order valence-electron chi connectivity index (χ3n) is 2.51. The molecule has 1 aromatic rings. The fourth-order valence-electron chi connectivity index (χ4n) is 1.50. The second kappa shape index (κ2) is 8.14. The molecule has 16 heavy (non-hydrogen) atoms. The third-order valence-corrected chi connectivity index (χ3v) is 2.51. The molecule has 89 valence electrons. The van der Waals surface area contributed by atoms with Crippen LogP contribution in [0.4, 0.5) is 4.39 Å². The van der Waals surface area contributed by atoms with E-state index in [1.165, 1.54) is 5.56 Å². The van der Waals surface area contributed by atoms with Crippen molar-refractivity contribution in [1.29, 1.82) is 0 Å². The Balaban J connectivity index is 2.12. The molecule has 0 aliphatic heterocycles. The molecule has 1 nitrogen and oxygen atoms in total. The van der Waals surface area contributed by atoms with E-state index in [0.29, 0.717) is 6.42 Å². The predicted molar refractivity (Wildman–Crippen MR) is 65.5 cm³/mol. The molecule has 0 bridgehead atoms. The Hall–Kier alpha value is -1.05. The van der Waals surface area contributed by atoms with Gasteiger partial charge in [0.1, 0.15) is 5.75 Å². The highest BCUT2D eigenvalue weighted by Gasteiger charge is 1.95. The van der Waals surface area contributed by atoms with Crippen molar-refractivity contribution < 1.29 is 9.13 Å². The Kier molecular flexibility index (Phi) is 6.62. The van der Waals surface area contributed by atoms with Gasteiger partial charge in [0, 0.05) is 0 Å². The summed E-state index contributed by atoms with van der Waals surface area (Å²) in [5.74, 6) is 0.913. The maximum atomic E-state index is 11.8. The molecule has 0 heterocycles. The Bertz CT molecular complexity index is 269. The van der Waals surface area contributed by atoms with Crippen LogP contribution in [0, 0.1) is 6.42 Å². The molecule has 2 heteroatoms. The second-order valence-electron chi connectivity index (χ2n) is 3.81. The minimum atomic E-state index is -0.199. The lowest BCUT2D eigenvalue weighted by molar-refractivity contribution is 0.303. The van der Waals surface area contributed by atoms with Crippen molar-refractivity contribution in [3.63, 3.8) is 0 Å². The van der Waals surface area contributed by atoms with Crippen LogP contribution < -0.4 is 4.74 Å². The van der Waals surface area contributed by atoms with E-state index in [9.17, 15) is 4.39 Å². The van der Waals surface area contributed by atoms with Gasteiger partial charge in [-0.3, -0.25) is 4.39 Å². The number of ether oxygens (including phenoxy) is 1. The first-order valence-electron chi connectivity index (χ1n) is 5.95. The van der Waals surface area contributed by atoms with Crippen LogP contribution in [0.3, 0.4) is 0 Å². The van der Waals surface area contributed by atoms with E-state index < -0.39 is 0 Å². The quantitative estimate of drug-likeness (QED) is 0.601. The van der Waals surface area contributed by atoms with Crippen LogP contribution in [-0.2, 0) is 0 Å². The lowest BCUT2D eigenvalue weighted by Gasteiger charge is -2.06. The van der Waals surface area contributed by atoms with E-state index in [0.717, 1.165) is 31.6 Å². The largest absolute Gasteiger partial charge is 0.494 e. The highest BCUT2D eigenvalue weighted by Crippen LogP contribution is 2.13. The lowest BCUT2D eigenvalue weighted by atomic mass is 10.2. The van der Waals surface area contributed by atoms with Gasteiger partial charge in [0.15, 0.2) is 0 Å². The van der Waals surface area contributed by atoms with Crippen molar-refractivity contribution in [1.82, 2.24) is 0 Å². The first-order chi connectivity index (χ1) is 7.86. The molecular formula is C14H20FO. The molecule has 1 rings (SSSR count). The zero-order valence-corrected chi connectivity index (χ0v) is 9.92. The third kappa shape index (κ3) is 5.15. The number of hydrogen-bond acceptors (Lipinski definition) is 1. The van der Waals surface area contributed by atoms with E-state index in [2.05, 4.69) is 6.42 Å². The molecular weight excluding hydrogens is 203 g/mol. The molecule has 0 aliphatic carbocycles. The molecule has 0 aromatic heterocycles. The number of benzene rings is 1. The summed E-state index contributed by atoms with van der Waals surface area (Å²) in [5.41, 5.74) is 1.20. The topological polar surface area (TPSA) is 9.23 Å². The summed E-state index contributed by atoms with van der Waals surface area (Å²) in [6, 6.07) is 8.05. The van der Waals surface area contributed by atoms with Crippen molar-refractivity contribution in [3.8, 4) is 5.75 Å². The van der Waals surface area contributed by atoms with Crippen LogP contribution >= 0.6 is 0 Å². The zero-order valence-electron chi connectivity index (χ0n) is 9.92. The van der Waals surface area contributed by atoms with E-state index in [-0.39, 0.29) is 6.67 Å². The van der Waals surface area contributed by atoms with Crippen LogP contribution in [0.1, 0.15) is 38.2 Å². The van der Waals surface area contributed by atoms with Gasteiger partial charge in [0.2, 0.25) is 0 Å². The van der Waals surface area contributed by atoms with Crippen LogP contribution in [-0.4, -0.2) is 13.3 Å². The Labute approximate surface area is 97.6 Å². The summed E-state index contributed by atoms with van der Waals surface area (Å²) in [5, 5.41) is 0. The van der Waals surface area contributed by atoms with E-state index >= 15 is 0 Å². The molecule has 0 N–H and O–H groups in total. The molecule has 0 aliphatic rings. The molecule has 0 amide bonds. The molecule has 0 atom stereocenters. The van der Waals surface area contributed by atoms with Gasteiger partial charge in [0.05, 0.1) is 13.3 Å². The van der Waals surface area contributed by atoms with Gasteiger partial charge >= 0.3 is 0 Å². The number of alkyl halides is 1. The summed E-state index contributed by atoms with van der Waals surface area (Å²) >= 11 is 0. The van der Waals surface area contributed by atoms with Crippen molar-refractivity contribution in [3.05, 3.63) is 36.2 Å². The van der Waals surface area contributed by atoms with Gasteiger partial charge in [-0.1, -0.05) is 25.5 Å². The first kappa shape index (κ1) is 13.0. The maximum Gasteiger partial charge on any atom is 0.119 e. The zero-order chi connectivity index (χ0) is 11.6. The Morgan fingerprint density at radius 1 is 1.06 bits per heavy atom. The summed E-state index contributed by atoms with van der Waals surface area (Å²) in [4.78, 5) is 0. The summed E-state index contributed by atoms with van der Waals surface area (Å²) < 4.78 is 17.4. The molecule has 0 saturated heterocycles. The van der Waals surface area contributed by atoms with Gasteiger partial charge in [-0.05, 0) is 43.4 Å². The van der Waals surface area contributed by atoms with Gasteiger partial charge in [-0.15, -0.1) is 0 Å². The monoisotopic (exact) mass is 223 g/mol. The minimum absolute atomic E-state index is 0.199. The van der Waals surface area contributed by atoms with Crippen LogP contribution in [0.5, 0.6) is 5.75 Å². The fourth-order valence-corrected chi connectivity index (χ4v) is 1.50. The molecule has 0 saturated carbocycles. The molecule has 0 spiro atoms.